The molecule has 1 aromatic heterocycles. The summed E-state index contributed by atoms with van der Waals surface area (Å²) in [5.41, 5.74) is 0.780. The van der Waals surface area contributed by atoms with E-state index in [1.807, 2.05) is 0 Å². The van der Waals surface area contributed by atoms with Gasteiger partial charge in [-0.3, -0.25) is 0 Å². The molecule has 9 heteroatoms. The molecule has 2 aromatic rings. The highest BCUT2D eigenvalue weighted by molar-refractivity contribution is 7.91. The number of hydrogen-bond donors (Lipinski definition) is 0. The van der Waals surface area contributed by atoms with E-state index in [9.17, 15) is 22.1 Å². The van der Waals surface area contributed by atoms with Crippen LogP contribution >= 0.6 is 0 Å². The van der Waals surface area contributed by atoms with Crippen LogP contribution in [0.25, 0.3) is 0 Å². The lowest BCUT2D eigenvalue weighted by atomic mass is 10.0. The molecule has 3 rings (SSSR count). The molecule has 22 heavy (non-hydrogen) atoms. The van der Waals surface area contributed by atoms with Gasteiger partial charge < -0.3 is 4.55 Å². The lowest BCUT2D eigenvalue weighted by molar-refractivity contribution is -0.106. The van der Waals surface area contributed by atoms with Crippen LogP contribution in [-0.2, 0) is 11.2 Å². The molecule has 0 bridgehead atoms. The first-order valence-electron chi connectivity index (χ1n) is 6.46. The lowest BCUT2D eigenvalue weighted by Crippen LogP contribution is -2.24. The molecule has 0 saturated carbocycles. The molecule has 0 amide bonds. The van der Waals surface area contributed by atoms with E-state index in [1.54, 1.807) is 30.3 Å². The van der Waals surface area contributed by atoms with Crippen molar-refractivity contribution in [3.05, 3.63) is 41.7 Å². The van der Waals surface area contributed by atoms with Gasteiger partial charge in [-0.15, -0.1) is 5.10 Å². The van der Waals surface area contributed by atoms with Crippen molar-refractivity contribution in [1.29, 1.82) is 0 Å². The number of aromatic nitrogens is 3. The third-order valence-corrected chi connectivity index (χ3v) is 4.50. The van der Waals surface area contributed by atoms with Crippen molar-refractivity contribution in [2.45, 2.75) is 30.0 Å². The maximum absolute atomic E-state index is 14.0. The van der Waals surface area contributed by atoms with Gasteiger partial charge in [-0.2, -0.15) is 18.2 Å². The van der Waals surface area contributed by atoms with E-state index < -0.39 is 40.5 Å². The summed E-state index contributed by atoms with van der Waals surface area (Å²) in [7, 11) is 0. The zero-order chi connectivity index (χ0) is 15.9. The Kier molecular flexibility index (Phi) is 3.85. The van der Waals surface area contributed by atoms with Gasteiger partial charge >= 0.3 is 11.3 Å². The minimum absolute atomic E-state index is 0.0700. The van der Waals surface area contributed by atoms with Gasteiger partial charge in [0.05, 0.1) is 6.04 Å². The number of benzene rings is 1. The summed E-state index contributed by atoms with van der Waals surface area (Å²) in [6.45, 7) is 0. The summed E-state index contributed by atoms with van der Waals surface area (Å²) in [6, 6.07) is 8.47. The summed E-state index contributed by atoms with van der Waals surface area (Å²) in [5.74, 6) is -1.61. The minimum atomic E-state index is -4.59. The van der Waals surface area contributed by atoms with E-state index in [0.717, 1.165) is 5.56 Å². The monoisotopic (exact) mass is 333 g/mol. The number of fused-ring (bicyclic) bond motifs is 1. The largest absolute Gasteiger partial charge is 0.609 e. The second kappa shape index (κ2) is 5.54. The summed E-state index contributed by atoms with van der Waals surface area (Å²) >= 11 is -2.43. The van der Waals surface area contributed by atoms with Crippen LogP contribution < -0.4 is 0 Å². The van der Waals surface area contributed by atoms with Crippen LogP contribution in [0.4, 0.5) is 17.6 Å². The first-order chi connectivity index (χ1) is 10.3. The summed E-state index contributed by atoms with van der Waals surface area (Å²) in [5, 5.41) is 3.37. The fraction of sp³-hybridized carbons (Fsp3) is 0.385. The zero-order valence-electron chi connectivity index (χ0n) is 11.1. The minimum Gasteiger partial charge on any atom is -0.609 e. The van der Waals surface area contributed by atoms with E-state index in [-0.39, 0.29) is 12.2 Å². The third-order valence-electron chi connectivity index (χ3n) is 3.33. The van der Waals surface area contributed by atoms with Gasteiger partial charge in [0.25, 0.3) is 0 Å². The Hall–Kier alpha value is -1.61. The highest BCUT2D eigenvalue weighted by Gasteiger charge is 2.41. The highest BCUT2D eigenvalue weighted by atomic mass is 32.2. The van der Waals surface area contributed by atoms with E-state index in [4.69, 9.17) is 0 Å². The average Bonchev–Trinajstić information content (AvgIpc) is 2.99. The van der Waals surface area contributed by atoms with Crippen LogP contribution in [0.5, 0.6) is 0 Å². The summed E-state index contributed by atoms with van der Waals surface area (Å²) in [4.78, 5) is 3.71. The molecule has 1 aliphatic rings. The van der Waals surface area contributed by atoms with Gasteiger partial charge in [0, 0.05) is 17.6 Å². The molecule has 3 atom stereocenters. The van der Waals surface area contributed by atoms with Crippen LogP contribution in [0, 0.1) is 0 Å². The Morgan fingerprint density at radius 3 is 2.59 bits per heavy atom. The molecule has 118 valence electrons. The van der Waals surface area contributed by atoms with Crippen molar-refractivity contribution in [3.63, 3.8) is 0 Å². The predicted octanol–water partition coefficient (Wildman–Crippen LogP) is 2.95. The van der Waals surface area contributed by atoms with Crippen LogP contribution in [0.1, 0.15) is 30.0 Å². The number of halogens is 4. The van der Waals surface area contributed by atoms with E-state index in [0.29, 0.717) is 0 Å². The van der Waals surface area contributed by atoms with Gasteiger partial charge in [0.2, 0.25) is 5.75 Å². The maximum atomic E-state index is 14.0. The number of nitrogens with zero attached hydrogens (tertiary/aromatic N) is 3. The van der Waals surface area contributed by atoms with E-state index >= 15 is 0 Å². The van der Waals surface area contributed by atoms with Crippen molar-refractivity contribution in [3.8, 4) is 0 Å². The fourth-order valence-electron chi connectivity index (χ4n) is 2.42. The molecule has 0 spiro atoms. The predicted molar refractivity (Wildman–Crippen MR) is 70.4 cm³/mol. The number of hydrogen-bond acceptors (Lipinski definition) is 3. The van der Waals surface area contributed by atoms with Crippen molar-refractivity contribution < 1.29 is 22.1 Å². The Balaban J connectivity index is 1.90. The molecule has 0 fully saturated rings. The second-order valence-electron chi connectivity index (χ2n) is 4.93. The highest BCUT2D eigenvalue weighted by Crippen LogP contribution is 2.39. The molecule has 0 saturated heterocycles. The second-order valence-corrected chi connectivity index (χ2v) is 6.28. The topological polar surface area (TPSA) is 53.8 Å². The van der Waals surface area contributed by atoms with Crippen molar-refractivity contribution >= 4 is 11.2 Å². The Morgan fingerprint density at radius 2 is 1.95 bits per heavy atom. The third kappa shape index (κ3) is 2.95. The fourth-order valence-corrected chi connectivity index (χ4v) is 3.22. The molecule has 1 aromatic carbocycles. The molecular weight excluding hydrogens is 322 g/mol. The van der Waals surface area contributed by atoms with Crippen molar-refractivity contribution in [2.24, 2.45) is 0 Å². The van der Waals surface area contributed by atoms with Gasteiger partial charge in [-0.25, -0.2) is 9.07 Å². The van der Waals surface area contributed by atoms with Crippen LogP contribution in [0.15, 0.2) is 35.5 Å². The van der Waals surface area contributed by atoms with Crippen LogP contribution in [-0.4, -0.2) is 31.2 Å². The molecule has 0 aliphatic carbocycles. The van der Waals surface area contributed by atoms with E-state index in [1.165, 1.54) is 4.68 Å². The van der Waals surface area contributed by atoms with Crippen LogP contribution in [0.2, 0.25) is 0 Å². The van der Waals surface area contributed by atoms with Gasteiger partial charge in [0.15, 0.2) is 12.0 Å². The Bertz CT molecular complexity index is 661. The average molecular weight is 333 g/mol. The van der Waals surface area contributed by atoms with Gasteiger partial charge in [-0.1, -0.05) is 30.3 Å². The zero-order valence-corrected chi connectivity index (χ0v) is 11.9. The molecular formula is C13H11F4N3OS. The normalized spacial score (nSPS) is 22.6. The SMILES string of the molecule is [O-][S+](CC(F)(F)F)c1nc2n(n1)[C@H](c1ccccc1)C[C@@H]2F. The molecule has 0 N–H and O–H groups in total. The van der Waals surface area contributed by atoms with Gasteiger partial charge in [0.1, 0.15) is 0 Å². The Morgan fingerprint density at radius 1 is 1.27 bits per heavy atom. The Labute approximate surface area is 126 Å². The number of rotatable bonds is 3. The molecule has 0 radical (unpaired) electrons. The molecule has 4 nitrogen and oxygen atoms in total. The van der Waals surface area contributed by atoms with Crippen LogP contribution in [0.3, 0.4) is 0 Å². The number of alkyl halides is 4. The van der Waals surface area contributed by atoms with Crippen molar-refractivity contribution in [1.82, 2.24) is 14.8 Å². The van der Waals surface area contributed by atoms with Gasteiger partial charge in [-0.05, 0) is 5.56 Å². The first-order valence-corrected chi connectivity index (χ1v) is 7.77. The summed E-state index contributed by atoms with van der Waals surface area (Å²) in [6.07, 6.45) is -5.91. The van der Waals surface area contributed by atoms with E-state index in [2.05, 4.69) is 10.1 Å². The molecule has 1 aliphatic heterocycles. The molecule has 2 heterocycles. The van der Waals surface area contributed by atoms with Crippen molar-refractivity contribution in [2.75, 3.05) is 5.75 Å². The first kappa shape index (κ1) is 15.3. The standard InChI is InChI=1S/C13H11F4N3OS/c14-9-6-10(8-4-2-1-3-5-8)20-11(9)18-12(19-20)22(21)7-13(15,16)17/h1-5,9-10H,6-7H2/t9-,10-,22?/m0/s1. The maximum Gasteiger partial charge on any atom is 0.433 e. The smallest absolute Gasteiger partial charge is 0.433 e. The summed E-state index contributed by atoms with van der Waals surface area (Å²) < 4.78 is 63.8. The molecule has 1 unspecified atom stereocenters. The quantitative estimate of drug-likeness (QED) is 0.641. The lowest BCUT2D eigenvalue weighted by Gasteiger charge is -2.12.